The number of anilines is 2. The van der Waals surface area contributed by atoms with Crippen molar-refractivity contribution in [2.75, 3.05) is 32.5 Å². The summed E-state index contributed by atoms with van der Waals surface area (Å²) in [7, 11) is 3.34. The highest BCUT2D eigenvalue weighted by atomic mass is 16.5. The van der Waals surface area contributed by atoms with E-state index >= 15 is 0 Å². The van der Waals surface area contributed by atoms with E-state index in [1.807, 2.05) is 30.0 Å². The molecule has 0 unspecified atom stereocenters. The average molecular weight is 503 g/mol. The Balaban J connectivity index is 1.55. The molecule has 1 aromatic carbocycles. The molecule has 0 radical (unpaired) electrons. The molecule has 4 rings (SSSR count). The maximum absolute atomic E-state index is 12.3. The molecule has 10 heteroatoms. The molecule has 3 amide bonds. The number of aromatic nitrogens is 2. The number of rotatable bonds is 9. The maximum atomic E-state index is 12.3. The van der Waals surface area contributed by atoms with Gasteiger partial charge in [0.05, 0.1) is 11.8 Å². The SMILES string of the molecule is CCNC(=O)c1ccc(Nc2ccc(Oc3ccc(C(=O)N(C)C)nc3)c(CN3CCCC3=O)c2)nc1. The van der Waals surface area contributed by atoms with Crippen LogP contribution in [0.5, 0.6) is 11.5 Å². The fourth-order valence-electron chi connectivity index (χ4n) is 3.89. The highest BCUT2D eigenvalue weighted by Crippen LogP contribution is 2.31. The quantitative estimate of drug-likeness (QED) is 0.459. The number of likely N-dealkylation sites (tertiary alicyclic amines) is 1. The second kappa shape index (κ2) is 11.5. The zero-order valence-corrected chi connectivity index (χ0v) is 21.2. The summed E-state index contributed by atoms with van der Waals surface area (Å²) in [5.74, 6) is 1.39. The molecule has 10 nitrogen and oxygen atoms in total. The summed E-state index contributed by atoms with van der Waals surface area (Å²) in [6.07, 6.45) is 4.40. The van der Waals surface area contributed by atoms with E-state index in [0.717, 1.165) is 17.7 Å². The number of carbonyl (C=O) groups is 3. The van der Waals surface area contributed by atoms with Crippen LogP contribution in [0.3, 0.4) is 0 Å². The first-order chi connectivity index (χ1) is 17.8. The van der Waals surface area contributed by atoms with E-state index in [9.17, 15) is 14.4 Å². The molecule has 2 aromatic heterocycles. The maximum Gasteiger partial charge on any atom is 0.271 e. The Morgan fingerprint density at radius 3 is 2.54 bits per heavy atom. The van der Waals surface area contributed by atoms with Crippen molar-refractivity contribution in [1.82, 2.24) is 25.1 Å². The molecule has 3 aromatic rings. The van der Waals surface area contributed by atoms with Crippen molar-refractivity contribution in [3.63, 3.8) is 0 Å². The van der Waals surface area contributed by atoms with Gasteiger partial charge in [-0.25, -0.2) is 9.97 Å². The van der Waals surface area contributed by atoms with Crippen LogP contribution in [0.2, 0.25) is 0 Å². The lowest BCUT2D eigenvalue weighted by atomic mass is 10.1. The van der Waals surface area contributed by atoms with Crippen LogP contribution in [0.15, 0.2) is 54.9 Å². The number of amides is 3. The molecule has 0 saturated carbocycles. The Labute approximate surface area is 215 Å². The van der Waals surface area contributed by atoms with E-state index in [1.165, 1.54) is 17.3 Å². The van der Waals surface area contributed by atoms with Crippen LogP contribution in [-0.4, -0.2) is 64.7 Å². The average Bonchev–Trinajstić information content (AvgIpc) is 3.30. The number of carbonyl (C=O) groups excluding carboxylic acids is 3. The van der Waals surface area contributed by atoms with Crippen LogP contribution >= 0.6 is 0 Å². The summed E-state index contributed by atoms with van der Waals surface area (Å²) in [5.41, 5.74) is 2.38. The highest BCUT2D eigenvalue weighted by Gasteiger charge is 2.22. The third-order valence-electron chi connectivity index (χ3n) is 5.82. The lowest BCUT2D eigenvalue weighted by molar-refractivity contribution is -0.128. The first kappa shape index (κ1) is 25.6. The van der Waals surface area contributed by atoms with Crippen molar-refractivity contribution in [2.45, 2.75) is 26.3 Å². The standard InChI is InChI=1S/C27H30N6O4/c1-4-28-26(35)18-7-12-24(30-15-18)31-20-8-11-23(19(14-20)17-33-13-5-6-25(33)34)37-21-9-10-22(29-16-21)27(36)32(2)3/h7-12,14-16H,4-6,13,17H2,1-3H3,(H,28,35)(H,30,31). The van der Waals surface area contributed by atoms with Crippen LogP contribution in [0.4, 0.5) is 11.5 Å². The molecule has 37 heavy (non-hydrogen) atoms. The van der Waals surface area contributed by atoms with E-state index in [1.54, 1.807) is 38.4 Å². The van der Waals surface area contributed by atoms with Crippen LogP contribution in [0.25, 0.3) is 0 Å². The van der Waals surface area contributed by atoms with Gasteiger partial charge in [0.1, 0.15) is 23.0 Å². The highest BCUT2D eigenvalue weighted by molar-refractivity contribution is 5.94. The third kappa shape index (κ3) is 6.40. The lowest BCUT2D eigenvalue weighted by Crippen LogP contribution is -2.24. The monoisotopic (exact) mass is 502 g/mol. The predicted octanol–water partition coefficient (Wildman–Crippen LogP) is 3.59. The van der Waals surface area contributed by atoms with E-state index in [-0.39, 0.29) is 17.7 Å². The van der Waals surface area contributed by atoms with Crippen LogP contribution in [-0.2, 0) is 11.3 Å². The predicted molar refractivity (Wildman–Crippen MR) is 139 cm³/mol. The van der Waals surface area contributed by atoms with Gasteiger partial charge in [-0.2, -0.15) is 0 Å². The molecule has 1 aliphatic rings. The smallest absolute Gasteiger partial charge is 0.271 e. The molecule has 3 heterocycles. The first-order valence-corrected chi connectivity index (χ1v) is 12.1. The molecule has 0 bridgehead atoms. The van der Waals surface area contributed by atoms with E-state index in [0.29, 0.717) is 54.6 Å². The zero-order valence-electron chi connectivity index (χ0n) is 21.2. The van der Waals surface area contributed by atoms with Crippen molar-refractivity contribution >= 4 is 29.2 Å². The topological polar surface area (TPSA) is 117 Å². The summed E-state index contributed by atoms with van der Waals surface area (Å²) in [4.78, 5) is 48.2. The van der Waals surface area contributed by atoms with Gasteiger partial charge in [-0.05, 0) is 55.8 Å². The third-order valence-corrected chi connectivity index (χ3v) is 5.82. The Bertz CT molecular complexity index is 1280. The fourth-order valence-corrected chi connectivity index (χ4v) is 3.89. The van der Waals surface area contributed by atoms with Gasteiger partial charge in [0.25, 0.3) is 11.8 Å². The van der Waals surface area contributed by atoms with Gasteiger partial charge in [0, 0.05) is 57.6 Å². The molecular weight excluding hydrogens is 472 g/mol. The fraction of sp³-hybridized carbons (Fsp3) is 0.296. The Kier molecular flexibility index (Phi) is 7.97. The zero-order chi connectivity index (χ0) is 26.4. The molecule has 0 atom stereocenters. The summed E-state index contributed by atoms with van der Waals surface area (Å²) in [6, 6.07) is 12.3. The van der Waals surface area contributed by atoms with Crippen LogP contribution in [0, 0.1) is 0 Å². The molecule has 1 aliphatic heterocycles. The van der Waals surface area contributed by atoms with Gasteiger partial charge in [-0.3, -0.25) is 14.4 Å². The number of nitrogens with zero attached hydrogens (tertiary/aromatic N) is 4. The second-order valence-electron chi connectivity index (χ2n) is 8.84. The van der Waals surface area contributed by atoms with Gasteiger partial charge in [0.15, 0.2) is 0 Å². The van der Waals surface area contributed by atoms with E-state index < -0.39 is 0 Å². The summed E-state index contributed by atoms with van der Waals surface area (Å²) in [6.45, 7) is 3.50. The minimum atomic E-state index is -0.192. The number of hydrogen-bond acceptors (Lipinski definition) is 7. The first-order valence-electron chi connectivity index (χ1n) is 12.1. The van der Waals surface area contributed by atoms with Crippen molar-refractivity contribution in [2.24, 2.45) is 0 Å². The van der Waals surface area contributed by atoms with Crippen molar-refractivity contribution in [3.8, 4) is 11.5 Å². The summed E-state index contributed by atoms with van der Waals surface area (Å²) in [5, 5.41) is 5.99. The van der Waals surface area contributed by atoms with Gasteiger partial charge in [0.2, 0.25) is 5.91 Å². The van der Waals surface area contributed by atoms with Gasteiger partial charge >= 0.3 is 0 Å². The minimum Gasteiger partial charge on any atom is -0.455 e. The Morgan fingerprint density at radius 2 is 1.92 bits per heavy atom. The Hall–Kier alpha value is -4.47. The second-order valence-corrected chi connectivity index (χ2v) is 8.84. The van der Waals surface area contributed by atoms with E-state index in [4.69, 9.17) is 4.74 Å². The molecule has 0 aliphatic carbocycles. The summed E-state index contributed by atoms with van der Waals surface area (Å²) < 4.78 is 6.11. The Morgan fingerprint density at radius 1 is 1.08 bits per heavy atom. The van der Waals surface area contributed by atoms with Gasteiger partial charge in [-0.1, -0.05) is 0 Å². The molecule has 2 N–H and O–H groups in total. The molecule has 1 saturated heterocycles. The van der Waals surface area contributed by atoms with Gasteiger partial charge < -0.3 is 25.2 Å². The number of benzene rings is 1. The van der Waals surface area contributed by atoms with Crippen molar-refractivity contribution in [1.29, 1.82) is 0 Å². The molecule has 0 spiro atoms. The lowest BCUT2D eigenvalue weighted by Gasteiger charge is -2.19. The normalized spacial score (nSPS) is 12.8. The van der Waals surface area contributed by atoms with Gasteiger partial charge in [-0.15, -0.1) is 0 Å². The van der Waals surface area contributed by atoms with E-state index in [2.05, 4.69) is 20.6 Å². The van der Waals surface area contributed by atoms with Crippen LogP contribution in [0.1, 0.15) is 46.2 Å². The number of nitrogens with one attached hydrogen (secondary N) is 2. The molecular formula is C27H30N6O4. The van der Waals surface area contributed by atoms with Crippen molar-refractivity contribution in [3.05, 3.63) is 71.7 Å². The largest absolute Gasteiger partial charge is 0.455 e. The number of pyridine rings is 2. The number of hydrogen-bond donors (Lipinski definition) is 2. The molecule has 192 valence electrons. The van der Waals surface area contributed by atoms with Crippen molar-refractivity contribution < 1.29 is 19.1 Å². The summed E-state index contributed by atoms with van der Waals surface area (Å²) >= 11 is 0. The minimum absolute atomic E-state index is 0.111. The van der Waals surface area contributed by atoms with Crippen LogP contribution < -0.4 is 15.4 Å². The molecule has 1 fully saturated rings. The number of ether oxygens (including phenoxy) is 1.